The minimum absolute atomic E-state index is 0.159. The largest absolute Gasteiger partial charge is 0.493 e. The second-order valence-electron chi connectivity index (χ2n) is 5.49. The molecule has 0 N–H and O–H groups in total. The zero-order valence-corrected chi connectivity index (χ0v) is 15.4. The number of hydrogen-bond donors (Lipinski definition) is 0. The molecule has 0 radical (unpaired) electrons. The number of para-hydroxylation sites is 1. The molecule has 0 fully saturated rings. The predicted molar refractivity (Wildman–Crippen MR) is 99.7 cm³/mol. The second kappa shape index (κ2) is 7.82. The normalized spacial score (nSPS) is 14.6. The molecule has 27 heavy (non-hydrogen) atoms. The highest BCUT2D eigenvalue weighted by atomic mass is 16.6. The summed E-state index contributed by atoms with van der Waals surface area (Å²) in [5.74, 6) is 1.79. The van der Waals surface area contributed by atoms with Crippen molar-refractivity contribution in [2.24, 2.45) is 4.99 Å². The van der Waals surface area contributed by atoms with E-state index in [4.69, 9.17) is 23.7 Å². The van der Waals surface area contributed by atoms with Gasteiger partial charge in [-0.3, -0.25) is 0 Å². The molecule has 1 aliphatic rings. The van der Waals surface area contributed by atoms with E-state index in [2.05, 4.69) is 4.99 Å². The van der Waals surface area contributed by atoms with Gasteiger partial charge in [-0.1, -0.05) is 12.1 Å². The van der Waals surface area contributed by atoms with E-state index in [0.29, 0.717) is 34.1 Å². The van der Waals surface area contributed by atoms with Crippen LogP contribution in [0.2, 0.25) is 0 Å². The molecule has 0 amide bonds. The maximum Gasteiger partial charge on any atom is 0.363 e. The number of benzene rings is 2. The lowest BCUT2D eigenvalue weighted by Crippen LogP contribution is -2.06. The standard InChI is InChI=1S/C20H19NO6/c1-23-15-9-8-13(11-17(15)25-3)19-21-14(20(22)27-19)10-12-6-5-7-16(24-2)18(12)26-4/h5-11H,1-4H3/b14-10+. The fourth-order valence-corrected chi connectivity index (χ4v) is 2.67. The van der Waals surface area contributed by atoms with E-state index in [-0.39, 0.29) is 11.6 Å². The maximum absolute atomic E-state index is 12.3. The Morgan fingerprint density at radius 3 is 2.30 bits per heavy atom. The summed E-state index contributed by atoms with van der Waals surface area (Å²) >= 11 is 0. The van der Waals surface area contributed by atoms with Gasteiger partial charge in [0.05, 0.1) is 28.4 Å². The molecule has 0 spiro atoms. The van der Waals surface area contributed by atoms with E-state index in [9.17, 15) is 4.79 Å². The van der Waals surface area contributed by atoms with Crippen LogP contribution in [0, 0.1) is 0 Å². The Morgan fingerprint density at radius 2 is 1.63 bits per heavy atom. The first-order valence-electron chi connectivity index (χ1n) is 8.07. The summed E-state index contributed by atoms with van der Waals surface area (Å²) in [7, 11) is 6.16. The molecule has 0 saturated heterocycles. The van der Waals surface area contributed by atoms with Crippen molar-refractivity contribution in [2.45, 2.75) is 0 Å². The molecule has 0 saturated carbocycles. The van der Waals surface area contributed by atoms with Gasteiger partial charge < -0.3 is 23.7 Å². The summed E-state index contributed by atoms with van der Waals surface area (Å²) < 4.78 is 26.5. The fourth-order valence-electron chi connectivity index (χ4n) is 2.67. The molecular formula is C20H19NO6. The molecule has 2 aromatic rings. The zero-order valence-electron chi connectivity index (χ0n) is 15.4. The van der Waals surface area contributed by atoms with E-state index in [1.165, 1.54) is 14.2 Å². The average Bonchev–Trinajstić information content (AvgIpc) is 3.07. The van der Waals surface area contributed by atoms with Gasteiger partial charge in [-0.25, -0.2) is 9.79 Å². The van der Waals surface area contributed by atoms with Gasteiger partial charge in [-0.2, -0.15) is 0 Å². The Morgan fingerprint density at radius 1 is 0.889 bits per heavy atom. The summed E-state index contributed by atoms with van der Waals surface area (Å²) in [6.45, 7) is 0. The molecule has 0 aromatic heterocycles. The number of nitrogens with zero attached hydrogens (tertiary/aromatic N) is 1. The first kappa shape index (κ1) is 18.3. The van der Waals surface area contributed by atoms with Gasteiger partial charge >= 0.3 is 5.97 Å². The lowest BCUT2D eigenvalue weighted by atomic mass is 10.1. The molecule has 0 unspecified atom stereocenters. The summed E-state index contributed by atoms with van der Waals surface area (Å²) in [6.07, 6.45) is 1.59. The van der Waals surface area contributed by atoms with Gasteiger partial charge in [0.15, 0.2) is 28.7 Å². The van der Waals surface area contributed by atoms with E-state index in [1.807, 2.05) is 0 Å². The van der Waals surface area contributed by atoms with Crippen molar-refractivity contribution in [3.8, 4) is 23.0 Å². The summed E-state index contributed by atoms with van der Waals surface area (Å²) in [4.78, 5) is 16.6. The third-order valence-corrected chi connectivity index (χ3v) is 3.98. The second-order valence-corrected chi connectivity index (χ2v) is 5.49. The topological polar surface area (TPSA) is 75.6 Å². The predicted octanol–water partition coefficient (Wildman–Crippen LogP) is 3.07. The molecule has 0 bridgehead atoms. The molecule has 0 aliphatic carbocycles. The Bertz CT molecular complexity index is 932. The Balaban J connectivity index is 1.99. The number of methoxy groups -OCH3 is 4. The monoisotopic (exact) mass is 369 g/mol. The molecule has 0 atom stereocenters. The van der Waals surface area contributed by atoms with Crippen molar-refractivity contribution in [1.82, 2.24) is 0 Å². The third-order valence-electron chi connectivity index (χ3n) is 3.98. The first-order chi connectivity index (χ1) is 13.1. The minimum Gasteiger partial charge on any atom is -0.493 e. The zero-order chi connectivity index (χ0) is 19.4. The van der Waals surface area contributed by atoms with Crippen LogP contribution in [0.3, 0.4) is 0 Å². The highest BCUT2D eigenvalue weighted by Crippen LogP contribution is 2.34. The Labute approximate surface area is 156 Å². The van der Waals surface area contributed by atoms with Crippen LogP contribution in [-0.2, 0) is 9.53 Å². The highest BCUT2D eigenvalue weighted by molar-refractivity contribution is 6.13. The smallest absolute Gasteiger partial charge is 0.363 e. The van der Waals surface area contributed by atoms with Crippen molar-refractivity contribution in [1.29, 1.82) is 0 Å². The third kappa shape index (κ3) is 3.57. The van der Waals surface area contributed by atoms with Crippen LogP contribution in [0.25, 0.3) is 6.08 Å². The van der Waals surface area contributed by atoms with E-state index in [0.717, 1.165) is 0 Å². The van der Waals surface area contributed by atoms with E-state index < -0.39 is 5.97 Å². The lowest BCUT2D eigenvalue weighted by Gasteiger charge is -2.09. The van der Waals surface area contributed by atoms with Gasteiger partial charge in [-0.05, 0) is 30.3 Å². The molecule has 140 valence electrons. The van der Waals surface area contributed by atoms with Crippen LogP contribution in [0.1, 0.15) is 11.1 Å². The molecule has 1 aliphatic heterocycles. The fraction of sp³-hybridized carbons (Fsp3) is 0.200. The van der Waals surface area contributed by atoms with Crippen LogP contribution in [-0.4, -0.2) is 40.3 Å². The Kier molecular flexibility index (Phi) is 5.30. The number of esters is 1. The minimum atomic E-state index is -0.551. The van der Waals surface area contributed by atoms with Gasteiger partial charge in [0.2, 0.25) is 5.90 Å². The van der Waals surface area contributed by atoms with Gasteiger partial charge in [0, 0.05) is 11.1 Å². The van der Waals surface area contributed by atoms with Gasteiger partial charge in [0.25, 0.3) is 0 Å². The average molecular weight is 369 g/mol. The summed E-state index contributed by atoms with van der Waals surface area (Å²) in [5, 5.41) is 0. The van der Waals surface area contributed by atoms with Crippen LogP contribution < -0.4 is 18.9 Å². The highest BCUT2D eigenvalue weighted by Gasteiger charge is 2.25. The van der Waals surface area contributed by atoms with Crippen LogP contribution in [0.5, 0.6) is 23.0 Å². The summed E-state index contributed by atoms with van der Waals surface area (Å²) in [6, 6.07) is 10.5. The lowest BCUT2D eigenvalue weighted by molar-refractivity contribution is -0.129. The van der Waals surface area contributed by atoms with Crippen molar-refractivity contribution < 1.29 is 28.5 Å². The van der Waals surface area contributed by atoms with Gasteiger partial charge in [0.1, 0.15) is 0 Å². The molecule has 2 aromatic carbocycles. The Hall–Kier alpha value is -3.48. The molecule has 7 nitrogen and oxygen atoms in total. The summed E-state index contributed by atoms with van der Waals surface area (Å²) in [5.41, 5.74) is 1.41. The molecule has 1 heterocycles. The number of rotatable bonds is 6. The number of carbonyl (C=O) groups is 1. The van der Waals surface area contributed by atoms with E-state index in [1.54, 1.807) is 56.7 Å². The molecular weight excluding hydrogens is 350 g/mol. The molecule has 3 rings (SSSR count). The number of ether oxygens (including phenoxy) is 5. The van der Waals surface area contributed by atoms with Crippen molar-refractivity contribution in [3.05, 3.63) is 53.2 Å². The maximum atomic E-state index is 12.3. The van der Waals surface area contributed by atoms with Crippen LogP contribution >= 0.6 is 0 Å². The number of carbonyl (C=O) groups excluding carboxylic acids is 1. The van der Waals surface area contributed by atoms with Crippen molar-refractivity contribution in [2.75, 3.05) is 28.4 Å². The first-order valence-corrected chi connectivity index (χ1v) is 8.07. The van der Waals surface area contributed by atoms with E-state index >= 15 is 0 Å². The number of aliphatic imine (C=N–C) groups is 1. The van der Waals surface area contributed by atoms with Crippen molar-refractivity contribution >= 4 is 17.9 Å². The quantitative estimate of drug-likeness (QED) is 0.575. The molecule has 7 heteroatoms. The van der Waals surface area contributed by atoms with Crippen LogP contribution in [0.4, 0.5) is 0 Å². The number of cyclic esters (lactones) is 1. The van der Waals surface area contributed by atoms with Crippen molar-refractivity contribution in [3.63, 3.8) is 0 Å². The SMILES string of the molecule is COc1ccc(C2=N/C(=C/c3cccc(OC)c3OC)C(=O)O2)cc1OC. The number of hydrogen-bond acceptors (Lipinski definition) is 7. The van der Waals surface area contributed by atoms with Crippen LogP contribution in [0.15, 0.2) is 47.1 Å². The van der Waals surface area contributed by atoms with Gasteiger partial charge in [-0.15, -0.1) is 0 Å².